The second kappa shape index (κ2) is 11.0. The van der Waals surface area contributed by atoms with Crippen LogP contribution in [0.25, 0.3) is 0 Å². The van der Waals surface area contributed by atoms with Gasteiger partial charge in [0.25, 0.3) is 5.91 Å². The van der Waals surface area contributed by atoms with Crippen molar-refractivity contribution in [3.63, 3.8) is 0 Å². The summed E-state index contributed by atoms with van der Waals surface area (Å²) in [4.78, 5) is 29.9. The zero-order chi connectivity index (χ0) is 26.8. The first-order chi connectivity index (χ1) is 18.3. The number of rotatable bonds is 6. The molecule has 2 aliphatic rings. The first-order valence-electron chi connectivity index (χ1n) is 12.2. The second-order valence-corrected chi connectivity index (χ2v) is 10.9. The van der Waals surface area contributed by atoms with E-state index in [0.717, 1.165) is 28.2 Å². The highest BCUT2D eigenvalue weighted by Gasteiger charge is 2.39. The lowest BCUT2D eigenvalue weighted by atomic mass is 9.98. The van der Waals surface area contributed by atoms with E-state index in [4.69, 9.17) is 21.4 Å². The van der Waals surface area contributed by atoms with E-state index in [-0.39, 0.29) is 24.3 Å². The Morgan fingerprint density at radius 2 is 1.84 bits per heavy atom. The number of hydrogen-bond acceptors (Lipinski definition) is 6. The average molecular weight is 547 g/mol. The Hall–Kier alpha value is -3.62. The lowest BCUT2D eigenvalue weighted by molar-refractivity contribution is -0.121. The van der Waals surface area contributed by atoms with E-state index >= 15 is 0 Å². The SMILES string of the molecule is COc1ccc([C@H]2CC(c3ccc(C)cc3)=NN2C2=NC(=O)[C@@H](CC(=O)Nc3ccc(C)c(Cl)c3)S2)cc1. The van der Waals surface area contributed by atoms with Crippen LogP contribution in [0.5, 0.6) is 5.75 Å². The zero-order valence-electron chi connectivity index (χ0n) is 21.3. The van der Waals surface area contributed by atoms with Crippen molar-refractivity contribution in [2.75, 3.05) is 12.4 Å². The van der Waals surface area contributed by atoms with Gasteiger partial charge in [-0.25, -0.2) is 5.01 Å². The number of ether oxygens (including phenoxy) is 1. The maximum atomic E-state index is 12.8. The summed E-state index contributed by atoms with van der Waals surface area (Å²) in [6, 6.07) is 21.3. The third-order valence-electron chi connectivity index (χ3n) is 6.55. The fraction of sp³-hybridized carbons (Fsp3) is 0.241. The van der Waals surface area contributed by atoms with Gasteiger partial charge in [0.1, 0.15) is 11.0 Å². The molecule has 194 valence electrons. The second-order valence-electron chi connectivity index (χ2n) is 9.31. The zero-order valence-corrected chi connectivity index (χ0v) is 22.8. The van der Waals surface area contributed by atoms with Gasteiger partial charge in [0, 0.05) is 23.6 Å². The third-order valence-corrected chi connectivity index (χ3v) is 8.10. The number of hydrogen-bond donors (Lipinski definition) is 1. The quantitative estimate of drug-likeness (QED) is 0.401. The number of hydrazone groups is 1. The molecule has 38 heavy (non-hydrogen) atoms. The summed E-state index contributed by atoms with van der Waals surface area (Å²) < 4.78 is 5.32. The number of aryl methyl sites for hydroxylation is 2. The predicted molar refractivity (Wildman–Crippen MR) is 153 cm³/mol. The molecular formula is C29H27ClN4O3S. The summed E-state index contributed by atoms with van der Waals surface area (Å²) in [7, 11) is 1.63. The van der Waals surface area contributed by atoms with Gasteiger partial charge in [0.15, 0.2) is 5.17 Å². The van der Waals surface area contributed by atoms with Gasteiger partial charge in [-0.05, 0) is 54.8 Å². The normalized spacial score (nSPS) is 18.8. The summed E-state index contributed by atoms with van der Waals surface area (Å²) in [6.07, 6.45) is 0.653. The van der Waals surface area contributed by atoms with Crippen molar-refractivity contribution in [2.24, 2.45) is 10.1 Å². The van der Waals surface area contributed by atoms with Crippen LogP contribution in [0.4, 0.5) is 5.69 Å². The molecular weight excluding hydrogens is 520 g/mol. The Labute approximate surface area is 230 Å². The predicted octanol–water partition coefficient (Wildman–Crippen LogP) is 6.14. The van der Waals surface area contributed by atoms with Crippen LogP contribution in [-0.2, 0) is 9.59 Å². The number of anilines is 1. The molecule has 0 bridgehead atoms. The molecule has 3 aromatic rings. The molecule has 0 saturated carbocycles. The monoisotopic (exact) mass is 546 g/mol. The van der Waals surface area contributed by atoms with Crippen LogP contribution in [-0.4, -0.2) is 40.1 Å². The molecule has 2 atom stereocenters. The van der Waals surface area contributed by atoms with Crippen LogP contribution in [0.15, 0.2) is 76.8 Å². The molecule has 2 amide bonds. The lowest BCUT2D eigenvalue weighted by Crippen LogP contribution is -2.25. The molecule has 9 heteroatoms. The molecule has 0 unspecified atom stereocenters. The number of amides is 2. The summed E-state index contributed by atoms with van der Waals surface area (Å²) in [5, 5.41) is 9.99. The van der Waals surface area contributed by atoms with Crippen molar-refractivity contribution in [1.29, 1.82) is 0 Å². The van der Waals surface area contributed by atoms with E-state index in [1.807, 2.05) is 49.2 Å². The number of methoxy groups -OCH3 is 1. The van der Waals surface area contributed by atoms with Crippen molar-refractivity contribution < 1.29 is 14.3 Å². The topological polar surface area (TPSA) is 83.4 Å². The van der Waals surface area contributed by atoms with Crippen LogP contribution in [0, 0.1) is 13.8 Å². The molecule has 3 aromatic carbocycles. The number of carbonyl (C=O) groups excluding carboxylic acids is 2. The standard InChI is InChI=1S/C29H27ClN4O3S/c1-17-4-7-19(8-5-17)24-15-25(20-9-12-22(37-3)13-10-20)34(33-24)29-32-28(36)26(38-29)16-27(35)31-21-11-6-18(2)23(30)14-21/h4-14,25-26H,15-16H2,1-3H3,(H,31,35)/t25-,26-/m1/s1. The third kappa shape index (κ3) is 5.61. The van der Waals surface area contributed by atoms with E-state index in [2.05, 4.69) is 34.6 Å². The summed E-state index contributed by atoms with van der Waals surface area (Å²) >= 11 is 7.45. The number of nitrogens with zero attached hydrogens (tertiary/aromatic N) is 3. The van der Waals surface area contributed by atoms with Gasteiger partial charge < -0.3 is 10.1 Å². The molecule has 1 N–H and O–H groups in total. The van der Waals surface area contributed by atoms with Gasteiger partial charge in [0.2, 0.25) is 5.91 Å². The van der Waals surface area contributed by atoms with Gasteiger partial charge in [-0.2, -0.15) is 10.1 Å². The first kappa shape index (κ1) is 26.0. The van der Waals surface area contributed by atoms with Crippen molar-refractivity contribution in [3.8, 4) is 5.75 Å². The van der Waals surface area contributed by atoms with Crippen molar-refractivity contribution in [2.45, 2.75) is 38.0 Å². The van der Waals surface area contributed by atoms with Gasteiger partial charge >= 0.3 is 0 Å². The van der Waals surface area contributed by atoms with E-state index in [1.165, 1.54) is 17.3 Å². The summed E-state index contributed by atoms with van der Waals surface area (Å²) in [6.45, 7) is 3.94. The minimum Gasteiger partial charge on any atom is -0.497 e. The maximum absolute atomic E-state index is 12.8. The van der Waals surface area contributed by atoms with Gasteiger partial charge in [-0.15, -0.1) is 0 Å². The van der Waals surface area contributed by atoms with Crippen molar-refractivity contribution in [3.05, 3.63) is 94.0 Å². The highest BCUT2D eigenvalue weighted by molar-refractivity contribution is 8.15. The van der Waals surface area contributed by atoms with E-state index < -0.39 is 5.25 Å². The van der Waals surface area contributed by atoms with Gasteiger partial charge in [-0.1, -0.05) is 71.4 Å². The molecule has 0 fully saturated rings. The van der Waals surface area contributed by atoms with Gasteiger partial charge in [-0.3, -0.25) is 9.59 Å². The Kier molecular flexibility index (Phi) is 7.53. The number of thioether (sulfide) groups is 1. The minimum absolute atomic E-state index is 0.00241. The maximum Gasteiger partial charge on any atom is 0.262 e. The number of aliphatic imine (C=N–C) groups is 1. The number of carbonyl (C=O) groups is 2. The summed E-state index contributed by atoms with van der Waals surface area (Å²) in [5.41, 5.74) is 5.66. The van der Waals surface area contributed by atoms with Crippen LogP contribution >= 0.6 is 23.4 Å². The molecule has 0 aromatic heterocycles. The van der Waals surface area contributed by atoms with Crippen molar-refractivity contribution >= 4 is 51.7 Å². The fourth-order valence-electron chi connectivity index (χ4n) is 4.35. The van der Waals surface area contributed by atoms with Crippen LogP contribution in [0.3, 0.4) is 0 Å². The van der Waals surface area contributed by atoms with Crippen LogP contribution in [0.2, 0.25) is 5.02 Å². The Bertz CT molecular complexity index is 1440. The fourth-order valence-corrected chi connectivity index (χ4v) is 5.59. The van der Waals surface area contributed by atoms with Crippen LogP contribution < -0.4 is 10.1 Å². The number of benzene rings is 3. The molecule has 2 heterocycles. The molecule has 0 spiro atoms. The highest BCUT2D eigenvalue weighted by atomic mass is 35.5. The highest BCUT2D eigenvalue weighted by Crippen LogP contribution is 2.39. The lowest BCUT2D eigenvalue weighted by Gasteiger charge is -2.23. The molecule has 0 saturated heterocycles. The van der Waals surface area contributed by atoms with Crippen molar-refractivity contribution in [1.82, 2.24) is 5.01 Å². The summed E-state index contributed by atoms with van der Waals surface area (Å²) in [5.74, 6) is 0.153. The number of nitrogens with one attached hydrogen (secondary N) is 1. The smallest absolute Gasteiger partial charge is 0.262 e. The van der Waals surface area contributed by atoms with Crippen LogP contribution in [0.1, 0.15) is 41.1 Å². The minimum atomic E-state index is -0.624. The number of halogens is 1. The largest absolute Gasteiger partial charge is 0.497 e. The van der Waals surface area contributed by atoms with E-state index in [0.29, 0.717) is 22.3 Å². The molecule has 7 nitrogen and oxygen atoms in total. The molecule has 2 aliphatic heterocycles. The van der Waals surface area contributed by atoms with E-state index in [9.17, 15) is 9.59 Å². The first-order valence-corrected chi connectivity index (χ1v) is 13.5. The van der Waals surface area contributed by atoms with E-state index in [1.54, 1.807) is 19.2 Å². The Morgan fingerprint density at radius 1 is 1.11 bits per heavy atom. The van der Waals surface area contributed by atoms with Gasteiger partial charge in [0.05, 0.1) is 18.9 Å². The molecule has 5 rings (SSSR count). The molecule has 0 aliphatic carbocycles. The molecule has 0 radical (unpaired) electrons. The Morgan fingerprint density at radius 3 is 2.53 bits per heavy atom. The average Bonchev–Trinajstić information content (AvgIpc) is 3.50. The Balaban J connectivity index is 1.34. The number of amidine groups is 1.